The van der Waals surface area contributed by atoms with Crippen LogP contribution in [-0.2, 0) is 21.5 Å². The summed E-state index contributed by atoms with van der Waals surface area (Å²) in [4.78, 5) is 5.22. The monoisotopic (exact) mass is 357 g/mol. The number of hydrogen-bond acceptors (Lipinski definition) is 6. The van der Waals surface area contributed by atoms with Gasteiger partial charge in [-0.2, -0.15) is 17.4 Å². The molecule has 1 saturated heterocycles. The normalized spacial score (nSPS) is 23.2. The molecule has 3 rings (SSSR count). The van der Waals surface area contributed by atoms with Crippen LogP contribution >= 0.6 is 11.3 Å². The zero-order valence-corrected chi connectivity index (χ0v) is 14.6. The van der Waals surface area contributed by atoms with Crippen LogP contribution in [0.15, 0.2) is 28.2 Å². The maximum Gasteiger partial charge on any atom is 0.279 e. The van der Waals surface area contributed by atoms with E-state index >= 15 is 0 Å². The van der Waals surface area contributed by atoms with Gasteiger partial charge in [-0.05, 0) is 25.3 Å². The average molecular weight is 357 g/mol. The second-order valence-electron chi connectivity index (χ2n) is 5.52. The molecule has 2 aromatic heterocycles. The lowest BCUT2D eigenvalue weighted by molar-refractivity contribution is -0.0444. The molecule has 0 spiro atoms. The Morgan fingerprint density at radius 3 is 2.78 bits per heavy atom. The minimum Gasteiger partial charge on any atom is -0.444 e. The van der Waals surface area contributed by atoms with Crippen molar-refractivity contribution < 1.29 is 17.6 Å². The minimum atomic E-state index is -3.57. The molecule has 0 bridgehead atoms. The van der Waals surface area contributed by atoms with Gasteiger partial charge in [-0.25, -0.2) is 4.98 Å². The highest BCUT2D eigenvalue weighted by Gasteiger charge is 2.30. The van der Waals surface area contributed by atoms with Gasteiger partial charge in [0.25, 0.3) is 10.2 Å². The van der Waals surface area contributed by atoms with Gasteiger partial charge in [0.1, 0.15) is 6.26 Å². The lowest BCUT2D eigenvalue weighted by Gasteiger charge is -2.34. The Bertz CT molecular complexity index is 732. The van der Waals surface area contributed by atoms with E-state index in [2.05, 4.69) is 9.71 Å². The maximum atomic E-state index is 12.4. The second-order valence-corrected chi connectivity index (χ2v) is 8.22. The predicted octanol–water partition coefficient (Wildman–Crippen LogP) is 1.85. The van der Waals surface area contributed by atoms with Crippen LogP contribution in [0.1, 0.15) is 19.5 Å². The summed E-state index contributed by atoms with van der Waals surface area (Å²) in [7, 11) is -3.57. The van der Waals surface area contributed by atoms with E-state index in [9.17, 15) is 8.42 Å². The number of thiophene rings is 1. The molecule has 1 fully saturated rings. The zero-order chi connectivity index (χ0) is 16.4. The Kier molecular flexibility index (Phi) is 4.83. The van der Waals surface area contributed by atoms with Gasteiger partial charge < -0.3 is 9.15 Å². The fraction of sp³-hybridized carbons (Fsp3) is 0.500. The topological polar surface area (TPSA) is 84.7 Å². The molecule has 0 radical (unpaired) electrons. The molecular formula is C14H19N3O4S2. The molecule has 3 heterocycles. The number of aromatic nitrogens is 1. The van der Waals surface area contributed by atoms with Gasteiger partial charge in [0, 0.05) is 13.1 Å². The van der Waals surface area contributed by atoms with Gasteiger partial charge in [0.15, 0.2) is 0 Å². The summed E-state index contributed by atoms with van der Waals surface area (Å²) in [5.74, 6) is 0.503. The standard InChI is InChI=1S/C14H19N3O4S2/c1-10-7-17(8-11(2)21-10)23(18,19)15-6-12-9-20-14(16-12)13-4-3-5-22-13/h3-5,9-11,15H,6-8H2,1-2H3/t10-,11+. The largest absolute Gasteiger partial charge is 0.444 e. The summed E-state index contributed by atoms with van der Waals surface area (Å²) < 4.78 is 39.7. The van der Waals surface area contributed by atoms with Crippen LogP contribution in [0.25, 0.3) is 10.8 Å². The molecule has 0 amide bonds. The van der Waals surface area contributed by atoms with Gasteiger partial charge in [-0.3, -0.25) is 0 Å². The van der Waals surface area contributed by atoms with Crippen molar-refractivity contribution in [2.24, 2.45) is 0 Å². The number of rotatable bonds is 5. The van der Waals surface area contributed by atoms with Crippen LogP contribution in [0.3, 0.4) is 0 Å². The van der Waals surface area contributed by atoms with Crippen molar-refractivity contribution in [3.63, 3.8) is 0 Å². The molecule has 23 heavy (non-hydrogen) atoms. The molecule has 7 nitrogen and oxygen atoms in total. The highest BCUT2D eigenvalue weighted by atomic mass is 32.2. The first kappa shape index (κ1) is 16.6. The van der Waals surface area contributed by atoms with Crippen LogP contribution < -0.4 is 4.72 Å². The van der Waals surface area contributed by atoms with E-state index in [1.54, 1.807) is 0 Å². The van der Waals surface area contributed by atoms with Crippen molar-refractivity contribution in [1.29, 1.82) is 0 Å². The number of ether oxygens (including phenoxy) is 1. The first-order chi connectivity index (χ1) is 10.9. The van der Waals surface area contributed by atoms with E-state index in [4.69, 9.17) is 9.15 Å². The molecule has 0 saturated carbocycles. The van der Waals surface area contributed by atoms with Gasteiger partial charge in [0.05, 0.1) is 29.3 Å². The summed E-state index contributed by atoms with van der Waals surface area (Å²) in [6.45, 7) is 4.52. The first-order valence-corrected chi connectivity index (χ1v) is 9.64. The predicted molar refractivity (Wildman–Crippen MR) is 87.2 cm³/mol. The molecular weight excluding hydrogens is 338 g/mol. The molecule has 126 valence electrons. The summed E-state index contributed by atoms with van der Waals surface area (Å²) in [5, 5.41) is 1.93. The maximum absolute atomic E-state index is 12.4. The molecule has 9 heteroatoms. The lowest BCUT2D eigenvalue weighted by Crippen LogP contribution is -2.51. The van der Waals surface area contributed by atoms with Crippen molar-refractivity contribution in [3.05, 3.63) is 29.5 Å². The van der Waals surface area contributed by atoms with E-state index in [1.807, 2.05) is 31.4 Å². The number of oxazole rings is 1. The summed E-state index contributed by atoms with van der Waals surface area (Å²) in [5.41, 5.74) is 0.548. The minimum absolute atomic E-state index is 0.0946. The van der Waals surface area contributed by atoms with Crippen molar-refractivity contribution in [2.75, 3.05) is 13.1 Å². The van der Waals surface area contributed by atoms with Gasteiger partial charge in [-0.15, -0.1) is 11.3 Å². The Balaban J connectivity index is 1.63. The smallest absolute Gasteiger partial charge is 0.279 e. The van der Waals surface area contributed by atoms with Crippen molar-refractivity contribution in [1.82, 2.24) is 14.0 Å². The molecule has 1 aliphatic heterocycles. The third-order valence-electron chi connectivity index (χ3n) is 3.45. The Morgan fingerprint density at radius 1 is 1.39 bits per heavy atom. The second kappa shape index (κ2) is 6.70. The third-order valence-corrected chi connectivity index (χ3v) is 5.79. The molecule has 0 unspecified atom stereocenters. The molecule has 0 aliphatic carbocycles. The quantitative estimate of drug-likeness (QED) is 0.883. The Labute approximate surface area is 139 Å². The Morgan fingerprint density at radius 2 is 2.13 bits per heavy atom. The van der Waals surface area contributed by atoms with Crippen LogP contribution in [0, 0.1) is 0 Å². The van der Waals surface area contributed by atoms with E-state index in [-0.39, 0.29) is 18.8 Å². The fourth-order valence-electron chi connectivity index (χ4n) is 2.48. The number of nitrogens with zero attached hydrogens (tertiary/aromatic N) is 2. The first-order valence-electron chi connectivity index (χ1n) is 7.32. The average Bonchev–Trinajstić information content (AvgIpc) is 3.15. The lowest BCUT2D eigenvalue weighted by atomic mass is 10.3. The van der Waals surface area contributed by atoms with Gasteiger partial charge >= 0.3 is 0 Å². The van der Waals surface area contributed by atoms with Crippen molar-refractivity contribution in [2.45, 2.75) is 32.6 Å². The van der Waals surface area contributed by atoms with E-state index in [0.717, 1.165) is 4.88 Å². The zero-order valence-electron chi connectivity index (χ0n) is 12.9. The van der Waals surface area contributed by atoms with Gasteiger partial charge in [-0.1, -0.05) is 6.07 Å². The number of morpholine rings is 1. The summed E-state index contributed by atoms with van der Waals surface area (Å²) >= 11 is 1.52. The summed E-state index contributed by atoms with van der Waals surface area (Å²) in [6.07, 6.45) is 1.24. The van der Waals surface area contributed by atoms with Crippen LogP contribution in [0.4, 0.5) is 0 Å². The molecule has 1 aliphatic rings. The number of hydrogen-bond donors (Lipinski definition) is 1. The molecule has 1 N–H and O–H groups in total. The van der Waals surface area contributed by atoms with Gasteiger partial charge in [0.2, 0.25) is 5.89 Å². The highest BCUT2D eigenvalue weighted by Crippen LogP contribution is 2.23. The van der Waals surface area contributed by atoms with Crippen molar-refractivity contribution in [3.8, 4) is 10.8 Å². The van der Waals surface area contributed by atoms with E-state index < -0.39 is 10.2 Å². The number of nitrogens with one attached hydrogen (secondary N) is 1. The van der Waals surface area contributed by atoms with Crippen molar-refractivity contribution >= 4 is 21.5 Å². The molecule has 0 aromatic carbocycles. The molecule has 2 atom stereocenters. The fourth-order valence-corrected chi connectivity index (χ4v) is 4.47. The Hall–Kier alpha value is -1.26. The molecule has 2 aromatic rings. The van der Waals surface area contributed by atoms with Crippen LogP contribution in [0.2, 0.25) is 0 Å². The highest BCUT2D eigenvalue weighted by molar-refractivity contribution is 7.87. The summed E-state index contributed by atoms with van der Waals surface area (Å²) in [6, 6.07) is 3.81. The SMILES string of the molecule is C[C@@H]1CN(S(=O)(=O)NCc2coc(-c3cccs3)n2)C[C@H](C)O1. The van der Waals surface area contributed by atoms with E-state index in [1.165, 1.54) is 21.9 Å². The van der Waals surface area contributed by atoms with Crippen LogP contribution in [-0.4, -0.2) is 43.0 Å². The van der Waals surface area contributed by atoms with Crippen LogP contribution in [0.5, 0.6) is 0 Å². The third kappa shape index (κ3) is 3.99. The van der Waals surface area contributed by atoms with E-state index in [0.29, 0.717) is 24.7 Å².